The van der Waals surface area contributed by atoms with E-state index in [4.69, 9.17) is 4.74 Å². The molecule has 1 aliphatic carbocycles. The Kier molecular flexibility index (Phi) is 5.74. The number of hydrogen-bond donors (Lipinski definition) is 1. The molecule has 1 aromatic carbocycles. The minimum atomic E-state index is -0.209. The molecule has 5 nitrogen and oxygen atoms in total. The lowest BCUT2D eigenvalue weighted by molar-refractivity contribution is -0.178. The van der Waals surface area contributed by atoms with Crippen LogP contribution in [0.4, 0.5) is 0 Å². The molecular formula is C20H28N2O3. The van der Waals surface area contributed by atoms with E-state index in [1.807, 2.05) is 23.1 Å². The topological polar surface area (TPSA) is 58.6 Å². The first-order valence-electron chi connectivity index (χ1n) is 9.31. The molecule has 1 heterocycles. The molecule has 136 valence electrons. The van der Waals surface area contributed by atoms with Crippen LogP contribution in [0.2, 0.25) is 0 Å². The largest absolute Gasteiger partial charge is 0.384 e. The molecule has 1 atom stereocenters. The maximum absolute atomic E-state index is 13.0. The van der Waals surface area contributed by atoms with Crippen LogP contribution in [-0.2, 0) is 14.3 Å². The molecule has 1 saturated heterocycles. The molecule has 25 heavy (non-hydrogen) atoms. The van der Waals surface area contributed by atoms with Gasteiger partial charge in [0.1, 0.15) is 0 Å². The van der Waals surface area contributed by atoms with E-state index in [-0.39, 0.29) is 23.3 Å². The Balaban J connectivity index is 1.66. The number of ether oxygens (including phenoxy) is 1. The van der Waals surface area contributed by atoms with E-state index >= 15 is 0 Å². The third kappa shape index (κ3) is 3.56. The number of amides is 2. The van der Waals surface area contributed by atoms with Gasteiger partial charge in [-0.25, -0.2) is 0 Å². The first-order valence-corrected chi connectivity index (χ1v) is 9.31. The lowest BCUT2D eigenvalue weighted by atomic mass is 9.60. The van der Waals surface area contributed by atoms with Crippen LogP contribution >= 0.6 is 0 Å². The fourth-order valence-electron chi connectivity index (χ4n) is 4.39. The summed E-state index contributed by atoms with van der Waals surface area (Å²) in [6, 6.07) is 10.5. The standard InChI is InChI=1S/C20H28N2O3/c1-25-15-10-17(23)21-13-14-22-18(16-8-4-2-5-9-16)20(19(22)24)11-6-3-7-12-20/h2,4-5,8-9,18H,3,6-7,10-15H2,1H3,(H,21,23). The Labute approximate surface area is 149 Å². The second-order valence-corrected chi connectivity index (χ2v) is 7.12. The van der Waals surface area contributed by atoms with E-state index in [1.165, 1.54) is 12.0 Å². The highest BCUT2D eigenvalue weighted by Crippen LogP contribution is 2.57. The van der Waals surface area contributed by atoms with Crippen LogP contribution in [0, 0.1) is 5.41 Å². The molecule has 3 rings (SSSR count). The predicted molar refractivity (Wildman–Crippen MR) is 95.9 cm³/mol. The van der Waals surface area contributed by atoms with Crippen LogP contribution in [0.3, 0.4) is 0 Å². The summed E-state index contributed by atoms with van der Waals surface area (Å²) in [6.07, 6.45) is 5.83. The molecule has 1 saturated carbocycles. The minimum Gasteiger partial charge on any atom is -0.384 e. The summed E-state index contributed by atoms with van der Waals surface area (Å²) in [5, 5.41) is 2.89. The maximum Gasteiger partial charge on any atom is 0.231 e. The molecular weight excluding hydrogens is 316 g/mol. The molecule has 1 unspecified atom stereocenters. The van der Waals surface area contributed by atoms with Gasteiger partial charge in [-0.2, -0.15) is 0 Å². The summed E-state index contributed by atoms with van der Waals surface area (Å²) in [4.78, 5) is 26.6. The normalized spacial score (nSPS) is 21.9. The Morgan fingerprint density at radius 1 is 1.24 bits per heavy atom. The monoisotopic (exact) mass is 344 g/mol. The van der Waals surface area contributed by atoms with Crippen molar-refractivity contribution in [1.82, 2.24) is 10.2 Å². The van der Waals surface area contributed by atoms with Gasteiger partial charge in [-0.1, -0.05) is 49.6 Å². The van der Waals surface area contributed by atoms with Crippen LogP contribution in [-0.4, -0.2) is 43.5 Å². The predicted octanol–water partition coefficient (Wildman–Crippen LogP) is 2.67. The number of methoxy groups -OCH3 is 1. The highest BCUT2D eigenvalue weighted by Gasteiger charge is 2.60. The van der Waals surface area contributed by atoms with E-state index in [1.54, 1.807) is 7.11 Å². The third-order valence-electron chi connectivity index (χ3n) is 5.59. The smallest absolute Gasteiger partial charge is 0.231 e. The van der Waals surface area contributed by atoms with Crippen LogP contribution in [0.5, 0.6) is 0 Å². The Hall–Kier alpha value is -1.88. The van der Waals surface area contributed by atoms with Gasteiger partial charge in [0, 0.05) is 26.6 Å². The van der Waals surface area contributed by atoms with Crippen molar-refractivity contribution in [2.75, 3.05) is 26.8 Å². The van der Waals surface area contributed by atoms with Crippen LogP contribution in [0.1, 0.15) is 50.1 Å². The quantitative estimate of drug-likeness (QED) is 0.774. The highest BCUT2D eigenvalue weighted by molar-refractivity contribution is 5.91. The molecule has 1 aliphatic heterocycles. The summed E-state index contributed by atoms with van der Waals surface area (Å²) in [6.45, 7) is 1.48. The Morgan fingerprint density at radius 3 is 2.64 bits per heavy atom. The van der Waals surface area contributed by atoms with Crippen molar-refractivity contribution >= 4 is 11.8 Å². The summed E-state index contributed by atoms with van der Waals surface area (Å²) in [5.74, 6) is 0.241. The molecule has 2 aliphatic rings. The van der Waals surface area contributed by atoms with Gasteiger partial charge in [0.25, 0.3) is 0 Å². The highest BCUT2D eigenvalue weighted by atomic mass is 16.5. The molecule has 2 fully saturated rings. The fraction of sp³-hybridized carbons (Fsp3) is 0.600. The van der Waals surface area contributed by atoms with Crippen LogP contribution < -0.4 is 5.32 Å². The van der Waals surface area contributed by atoms with Gasteiger partial charge >= 0.3 is 0 Å². The van der Waals surface area contributed by atoms with Crippen molar-refractivity contribution in [3.8, 4) is 0 Å². The average molecular weight is 344 g/mol. The fourth-order valence-corrected chi connectivity index (χ4v) is 4.39. The zero-order valence-corrected chi connectivity index (χ0v) is 15.0. The molecule has 1 spiro atoms. The number of carbonyl (C=O) groups excluding carboxylic acids is 2. The molecule has 5 heteroatoms. The van der Waals surface area contributed by atoms with Crippen molar-refractivity contribution in [2.45, 2.75) is 44.6 Å². The van der Waals surface area contributed by atoms with E-state index < -0.39 is 0 Å². The van der Waals surface area contributed by atoms with Gasteiger partial charge in [-0.05, 0) is 18.4 Å². The van der Waals surface area contributed by atoms with Gasteiger partial charge in [0.05, 0.1) is 18.1 Å². The number of nitrogens with one attached hydrogen (secondary N) is 1. The Bertz CT molecular complexity index is 596. The van der Waals surface area contributed by atoms with Crippen molar-refractivity contribution in [3.63, 3.8) is 0 Å². The summed E-state index contributed by atoms with van der Waals surface area (Å²) in [7, 11) is 1.58. The summed E-state index contributed by atoms with van der Waals surface area (Å²) < 4.78 is 4.91. The van der Waals surface area contributed by atoms with Gasteiger partial charge in [-0.15, -0.1) is 0 Å². The lowest BCUT2D eigenvalue weighted by Crippen LogP contribution is -2.64. The average Bonchev–Trinajstić information content (AvgIpc) is 2.66. The summed E-state index contributed by atoms with van der Waals surface area (Å²) in [5.41, 5.74) is 1.01. The van der Waals surface area contributed by atoms with Crippen LogP contribution in [0.25, 0.3) is 0 Å². The number of nitrogens with zero attached hydrogens (tertiary/aromatic N) is 1. The first kappa shape index (κ1) is 17.9. The summed E-state index contributed by atoms with van der Waals surface area (Å²) >= 11 is 0. The maximum atomic E-state index is 13.0. The number of likely N-dealkylation sites (tertiary alicyclic amines) is 1. The molecule has 0 bridgehead atoms. The molecule has 1 aromatic rings. The van der Waals surface area contributed by atoms with Crippen molar-refractivity contribution in [2.24, 2.45) is 5.41 Å². The lowest BCUT2D eigenvalue weighted by Gasteiger charge is -2.58. The van der Waals surface area contributed by atoms with E-state index in [2.05, 4.69) is 17.4 Å². The van der Waals surface area contributed by atoms with Gasteiger partial charge in [0.2, 0.25) is 11.8 Å². The number of β-lactam (4-membered cyclic amide) rings is 1. The van der Waals surface area contributed by atoms with Gasteiger partial charge in [0.15, 0.2) is 0 Å². The van der Waals surface area contributed by atoms with Crippen LogP contribution in [0.15, 0.2) is 30.3 Å². The van der Waals surface area contributed by atoms with Gasteiger partial charge in [-0.3, -0.25) is 9.59 Å². The number of hydrogen-bond acceptors (Lipinski definition) is 3. The molecule has 1 N–H and O–H groups in total. The van der Waals surface area contributed by atoms with Crippen molar-refractivity contribution < 1.29 is 14.3 Å². The third-order valence-corrected chi connectivity index (χ3v) is 5.59. The number of benzene rings is 1. The zero-order chi connectivity index (χ0) is 17.7. The zero-order valence-electron chi connectivity index (χ0n) is 15.0. The number of carbonyl (C=O) groups is 2. The molecule has 0 radical (unpaired) electrons. The van der Waals surface area contributed by atoms with Crippen molar-refractivity contribution in [1.29, 1.82) is 0 Å². The van der Waals surface area contributed by atoms with E-state index in [9.17, 15) is 9.59 Å². The second kappa shape index (κ2) is 8.00. The first-order chi connectivity index (χ1) is 12.2. The molecule has 0 aromatic heterocycles. The SMILES string of the molecule is COCCC(=O)NCCN1C(=O)C2(CCCCC2)C1c1ccccc1. The molecule has 2 amide bonds. The number of rotatable bonds is 7. The Morgan fingerprint density at radius 2 is 1.96 bits per heavy atom. The van der Waals surface area contributed by atoms with Crippen molar-refractivity contribution in [3.05, 3.63) is 35.9 Å². The second-order valence-electron chi connectivity index (χ2n) is 7.12. The van der Waals surface area contributed by atoms with Gasteiger partial charge < -0.3 is 15.0 Å². The van der Waals surface area contributed by atoms with E-state index in [0.717, 1.165) is 25.7 Å². The minimum absolute atomic E-state index is 0.0292. The van der Waals surface area contributed by atoms with E-state index in [0.29, 0.717) is 26.1 Å².